The molecule has 7 heteroatoms. The first-order valence-electron chi connectivity index (χ1n) is 9.82. The number of para-hydroxylation sites is 1. The summed E-state index contributed by atoms with van der Waals surface area (Å²) < 4.78 is 11.2. The van der Waals surface area contributed by atoms with Crippen LogP contribution in [-0.4, -0.2) is 30.6 Å². The maximum absolute atomic E-state index is 13.3. The van der Waals surface area contributed by atoms with Gasteiger partial charge in [-0.15, -0.1) is 6.58 Å². The molecule has 0 spiro atoms. The molecule has 0 saturated carbocycles. The minimum atomic E-state index is -0.543. The van der Waals surface area contributed by atoms with Crippen molar-refractivity contribution in [3.63, 3.8) is 0 Å². The molecule has 0 aliphatic carbocycles. The summed E-state index contributed by atoms with van der Waals surface area (Å²) in [5.74, 6) is 0.109. The molecule has 0 atom stereocenters. The summed E-state index contributed by atoms with van der Waals surface area (Å²) >= 11 is 5.28. The Morgan fingerprint density at radius 1 is 1.23 bits per heavy atom. The lowest BCUT2D eigenvalue weighted by atomic mass is 10.0. The van der Waals surface area contributed by atoms with E-state index in [0.29, 0.717) is 35.8 Å². The number of rotatable bonds is 7. The van der Waals surface area contributed by atoms with Crippen LogP contribution in [0.25, 0.3) is 6.08 Å². The third-order valence-corrected chi connectivity index (χ3v) is 5.08. The molecule has 6 nitrogen and oxygen atoms in total. The first-order valence-corrected chi connectivity index (χ1v) is 10.2. The van der Waals surface area contributed by atoms with Gasteiger partial charge in [0.1, 0.15) is 5.57 Å². The molecule has 160 valence electrons. The molecule has 0 bridgehead atoms. The third-order valence-electron chi connectivity index (χ3n) is 4.79. The smallest absolute Gasteiger partial charge is 0.270 e. The van der Waals surface area contributed by atoms with Crippen molar-refractivity contribution in [2.75, 3.05) is 18.6 Å². The van der Waals surface area contributed by atoms with Gasteiger partial charge in [0.15, 0.2) is 16.6 Å². The number of allylic oxidation sites excluding steroid dienone is 1. The second kappa shape index (κ2) is 9.57. The van der Waals surface area contributed by atoms with Crippen LogP contribution in [0.4, 0.5) is 5.69 Å². The van der Waals surface area contributed by atoms with Gasteiger partial charge in [-0.2, -0.15) is 0 Å². The van der Waals surface area contributed by atoms with Crippen molar-refractivity contribution in [1.29, 1.82) is 0 Å². The number of anilines is 1. The molecule has 2 aromatic rings. The van der Waals surface area contributed by atoms with Crippen LogP contribution in [0.15, 0.2) is 54.6 Å². The first-order chi connectivity index (χ1) is 14.9. The summed E-state index contributed by atoms with van der Waals surface area (Å²) in [6.07, 6.45) is 3.83. The predicted octanol–water partition coefficient (Wildman–Crippen LogP) is 3.96. The Labute approximate surface area is 187 Å². The van der Waals surface area contributed by atoms with Gasteiger partial charge in [-0.25, -0.2) is 0 Å². The maximum atomic E-state index is 13.3. The Kier molecular flexibility index (Phi) is 6.87. The van der Waals surface area contributed by atoms with Crippen LogP contribution >= 0.6 is 12.2 Å². The lowest BCUT2D eigenvalue weighted by molar-refractivity contribution is -0.122. The molecule has 1 N–H and O–H groups in total. The monoisotopic (exact) mass is 436 g/mol. The van der Waals surface area contributed by atoms with Crippen molar-refractivity contribution in [2.45, 2.75) is 20.3 Å². The van der Waals surface area contributed by atoms with Crippen molar-refractivity contribution in [2.24, 2.45) is 0 Å². The van der Waals surface area contributed by atoms with Gasteiger partial charge in [-0.3, -0.25) is 19.8 Å². The number of methoxy groups -OCH3 is 1. The molecule has 1 fully saturated rings. The van der Waals surface area contributed by atoms with Gasteiger partial charge in [-0.05, 0) is 67.9 Å². The lowest BCUT2D eigenvalue weighted by Crippen LogP contribution is -2.54. The largest absolute Gasteiger partial charge is 0.493 e. The Balaban J connectivity index is 2.10. The maximum Gasteiger partial charge on any atom is 0.270 e. The fourth-order valence-electron chi connectivity index (χ4n) is 3.43. The fraction of sp³-hybridized carbons (Fsp3) is 0.208. The zero-order valence-corrected chi connectivity index (χ0v) is 18.5. The van der Waals surface area contributed by atoms with Gasteiger partial charge in [0, 0.05) is 5.56 Å². The number of benzene rings is 2. The van der Waals surface area contributed by atoms with E-state index < -0.39 is 11.8 Å². The van der Waals surface area contributed by atoms with Crippen molar-refractivity contribution in [3.05, 3.63) is 71.3 Å². The number of ether oxygens (including phenoxy) is 2. The van der Waals surface area contributed by atoms with Gasteiger partial charge >= 0.3 is 0 Å². The summed E-state index contributed by atoms with van der Waals surface area (Å²) in [6.45, 7) is 7.98. The Morgan fingerprint density at radius 2 is 1.97 bits per heavy atom. The van der Waals surface area contributed by atoms with Gasteiger partial charge in [0.25, 0.3) is 11.8 Å². The molecule has 1 aliphatic rings. The molecular formula is C24H24N2O4S. The first kappa shape index (κ1) is 22.2. The molecule has 31 heavy (non-hydrogen) atoms. The third kappa shape index (κ3) is 4.51. The Hall–Kier alpha value is -3.45. The Bertz CT molecular complexity index is 1090. The standard InChI is InChI=1S/C24H24N2O4S/c1-5-9-17-12-16(14-20(30-6-2)21(17)29-4)13-18-22(27)25-24(31)26(23(18)28)19-11-8-7-10-15(19)3/h5,7-8,10-14H,1,6,9H2,2-4H3,(H,25,27,31)/b18-13+. The zero-order chi connectivity index (χ0) is 22.5. The summed E-state index contributed by atoms with van der Waals surface area (Å²) in [5, 5.41) is 2.67. The Morgan fingerprint density at radius 3 is 2.61 bits per heavy atom. The van der Waals surface area contributed by atoms with E-state index in [1.54, 1.807) is 31.4 Å². The van der Waals surface area contributed by atoms with Crippen molar-refractivity contribution < 1.29 is 19.1 Å². The molecule has 1 saturated heterocycles. The molecule has 3 rings (SSSR count). The summed E-state index contributed by atoms with van der Waals surface area (Å²) in [6, 6.07) is 11.0. The van der Waals surface area contributed by atoms with Crippen LogP contribution in [0.3, 0.4) is 0 Å². The number of hydrogen-bond donors (Lipinski definition) is 1. The number of aryl methyl sites for hydroxylation is 1. The number of nitrogens with one attached hydrogen (secondary N) is 1. The minimum Gasteiger partial charge on any atom is -0.493 e. The second-order valence-corrected chi connectivity index (χ2v) is 7.27. The molecule has 1 aliphatic heterocycles. The van der Waals surface area contributed by atoms with Gasteiger partial charge in [0.2, 0.25) is 0 Å². The molecule has 0 unspecified atom stereocenters. The number of thiocarbonyl (C=S) groups is 1. The highest BCUT2D eigenvalue weighted by Crippen LogP contribution is 2.35. The molecule has 0 radical (unpaired) electrons. The molecular weight excluding hydrogens is 412 g/mol. The highest BCUT2D eigenvalue weighted by molar-refractivity contribution is 7.80. The molecule has 1 heterocycles. The topological polar surface area (TPSA) is 67.9 Å². The average molecular weight is 437 g/mol. The second-order valence-electron chi connectivity index (χ2n) is 6.88. The van der Waals surface area contributed by atoms with E-state index in [0.717, 1.165) is 11.1 Å². The fourth-order valence-corrected chi connectivity index (χ4v) is 3.70. The van der Waals surface area contributed by atoms with Crippen molar-refractivity contribution in [3.8, 4) is 11.5 Å². The number of nitrogens with zero attached hydrogens (tertiary/aromatic N) is 1. The zero-order valence-electron chi connectivity index (χ0n) is 17.7. The van der Waals surface area contributed by atoms with E-state index in [1.165, 1.54) is 4.90 Å². The summed E-state index contributed by atoms with van der Waals surface area (Å²) in [5.41, 5.74) is 2.95. The highest BCUT2D eigenvalue weighted by atomic mass is 32.1. The van der Waals surface area contributed by atoms with E-state index in [9.17, 15) is 9.59 Å². The van der Waals surface area contributed by atoms with Gasteiger partial charge < -0.3 is 9.47 Å². The van der Waals surface area contributed by atoms with Gasteiger partial charge in [0.05, 0.1) is 19.4 Å². The number of hydrogen-bond acceptors (Lipinski definition) is 5. The molecule has 2 aromatic carbocycles. The van der Waals surface area contributed by atoms with E-state index in [4.69, 9.17) is 21.7 Å². The van der Waals surface area contributed by atoms with Crippen LogP contribution in [0.2, 0.25) is 0 Å². The van der Waals surface area contributed by atoms with Crippen molar-refractivity contribution in [1.82, 2.24) is 5.32 Å². The van der Waals surface area contributed by atoms with E-state index in [2.05, 4.69) is 11.9 Å². The van der Waals surface area contributed by atoms with Crippen LogP contribution < -0.4 is 19.7 Å². The summed E-state index contributed by atoms with van der Waals surface area (Å²) in [4.78, 5) is 27.3. The molecule has 0 aromatic heterocycles. The van der Waals surface area contributed by atoms with Crippen LogP contribution in [0.5, 0.6) is 11.5 Å². The van der Waals surface area contributed by atoms with Crippen LogP contribution in [-0.2, 0) is 16.0 Å². The van der Waals surface area contributed by atoms with Gasteiger partial charge in [-0.1, -0.05) is 24.3 Å². The van der Waals surface area contributed by atoms with Crippen molar-refractivity contribution >= 4 is 40.9 Å². The van der Waals surface area contributed by atoms with E-state index >= 15 is 0 Å². The van der Waals surface area contributed by atoms with E-state index in [1.807, 2.05) is 38.1 Å². The number of carbonyl (C=O) groups excluding carboxylic acids is 2. The van der Waals surface area contributed by atoms with Crippen LogP contribution in [0, 0.1) is 6.92 Å². The van der Waals surface area contributed by atoms with E-state index in [-0.39, 0.29) is 10.7 Å². The lowest BCUT2D eigenvalue weighted by Gasteiger charge is -2.30. The highest BCUT2D eigenvalue weighted by Gasteiger charge is 2.35. The van der Waals surface area contributed by atoms with Crippen LogP contribution in [0.1, 0.15) is 23.6 Å². The predicted molar refractivity (Wildman–Crippen MR) is 125 cm³/mol. The SMILES string of the molecule is C=CCc1cc(/C=C2\C(=O)NC(=S)N(c3ccccc3C)C2=O)cc(OCC)c1OC. The average Bonchev–Trinajstić information content (AvgIpc) is 2.73. The minimum absolute atomic E-state index is 0.0194. The molecule has 2 amide bonds. The number of amides is 2. The quantitative estimate of drug-likeness (QED) is 0.308. The normalized spacial score (nSPS) is 15.1. The number of carbonyl (C=O) groups is 2. The summed E-state index contributed by atoms with van der Waals surface area (Å²) in [7, 11) is 1.57.